The lowest BCUT2D eigenvalue weighted by Gasteiger charge is -2.30. The number of benzene rings is 2. The monoisotopic (exact) mass is 433 g/mol. The summed E-state index contributed by atoms with van der Waals surface area (Å²) in [5.74, 6) is -0.444. The maximum atomic E-state index is 12.3. The third-order valence-corrected chi connectivity index (χ3v) is 5.95. The number of methoxy groups -OCH3 is 1. The predicted molar refractivity (Wildman–Crippen MR) is 114 cm³/mol. The summed E-state index contributed by atoms with van der Waals surface area (Å²) in [6.45, 7) is 1.51. The van der Waals surface area contributed by atoms with Gasteiger partial charge in [-0.25, -0.2) is 0 Å². The van der Waals surface area contributed by atoms with E-state index in [9.17, 15) is 22.6 Å². The average Bonchev–Trinajstić information content (AvgIpc) is 2.70. The number of unbranched alkanes of at least 4 members (excludes halogenated alkanes) is 1. The van der Waals surface area contributed by atoms with Crippen LogP contribution in [0.15, 0.2) is 59.5 Å². The molecule has 0 bridgehead atoms. The predicted octanol–water partition coefficient (Wildman–Crippen LogP) is 3.65. The third kappa shape index (κ3) is 6.48. The van der Waals surface area contributed by atoms with Gasteiger partial charge in [0, 0.05) is 20.0 Å². The fourth-order valence-corrected chi connectivity index (χ4v) is 3.98. The Morgan fingerprint density at radius 3 is 2.27 bits per heavy atom. The van der Waals surface area contributed by atoms with Crippen molar-refractivity contribution in [3.63, 3.8) is 0 Å². The maximum absolute atomic E-state index is 12.3. The van der Waals surface area contributed by atoms with E-state index in [1.54, 1.807) is 6.07 Å². The van der Waals surface area contributed by atoms with Crippen molar-refractivity contribution in [1.29, 1.82) is 0 Å². The zero-order valence-electron chi connectivity index (χ0n) is 17.1. The average molecular weight is 434 g/mol. The minimum atomic E-state index is -4.44. The van der Waals surface area contributed by atoms with E-state index in [0.717, 1.165) is 5.56 Å². The standard InChI is InChI=1S/C22H27NO6S/c1-17(24)22(29-2,16-18-10-4-3-5-11-18)15-9-8-14-21(25)23-19-12-6-7-13-20(19)30(26,27)28/h3-7,10-13H,8-9,14-16H2,1-2H3,(H,23,25)(H,26,27,28). The molecule has 7 nitrogen and oxygen atoms in total. The van der Waals surface area contributed by atoms with Crippen LogP contribution in [0.2, 0.25) is 0 Å². The molecule has 0 saturated heterocycles. The molecule has 1 unspecified atom stereocenters. The Hall–Kier alpha value is -2.55. The number of Topliss-reactive ketones (excluding diaryl/α,β-unsaturated/α-hetero) is 1. The first-order valence-electron chi connectivity index (χ1n) is 9.64. The molecule has 0 aliphatic rings. The van der Waals surface area contributed by atoms with Gasteiger partial charge in [-0.1, -0.05) is 42.5 Å². The van der Waals surface area contributed by atoms with E-state index in [1.807, 2.05) is 30.3 Å². The van der Waals surface area contributed by atoms with Crippen LogP contribution >= 0.6 is 0 Å². The van der Waals surface area contributed by atoms with Crippen LogP contribution in [0, 0.1) is 0 Å². The molecule has 1 amide bonds. The second-order valence-electron chi connectivity index (χ2n) is 7.14. The van der Waals surface area contributed by atoms with Gasteiger partial charge in [0.2, 0.25) is 5.91 Å². The molecule has 2 rings (SSSR count). The van der Waals surface area contributed by atoms with Crippen LogP contribution in [0.3, 0.4) is 0 Å². The van der Waals surface area contributed by atoms with E-state index >= 15 is 0 Å². The molecule has 1 atom stereocenters. The summed E-state index contributed by atoms with van der Waals surface area (Å²) >= 11 is 0. The molecular weight excluding hydrogens is 406 g/mol. The molecule has 0 aromatic heterocycles. The first-order valence-corrected chi connectivity index (χ1v) is 11.1. The van der Waals surface area contributed by atoms with Gasteiger partial charge in [-0.3, -0.25) is 14.1 Å². The van der Waals surface area contributed by atoms with Crippen molar-refractivity contribution in [1.82, 2.24) is 0 Å². The van der Waals surface area contributed by atoms with Gasteiger partial charge >= 0.3 is 0 Å². The zero-order chi connectivity index (χ0) is 22.2. The Kier molecular flexibility index (Phi) is 8.28. The van der Waals surface area contributed by atoms with Gasteiger partial charge in [0.15, 0.2) is 5.78 Å². The highest BCUT2D eigenvalue weighted by Crippen LogP contribution is 2.26. The second kappa shape index (κ2) is 10.5. The van der Waals surface area contributed by atoms with Gasteiger partial charge in [-0.15, -0.1) is 0 Å². The number of ether oxygens (including phenoxy) is 1. The molecule has 8 heteroatoms. The van der Waals surface area contributed by atoms with E-state index in [4.69, 9.17) is 4.74 Å². The summed E-state index contributed by atoms with van der Waals surface area (Å²) in [6, 6.07) is 15.2. The quantitative estimate of drug-likeness (QED) is 0.413. The largest absolute Gasteiger partial charge is 0.370 e. The van der Waals surface area contributed by atoms with Gasteiger partial charge in [0.1, 0.15) is 10.5 Å². The van der Waals surface area contributed by atoms with Crippen molar-refractivity contribution < 1.29 is 27.3 Å². The van der Waals surface area contributed by atoms with Gasteiger partial charge in [-0.05, 0) is 43.9 Å². The van der Waals surface area contributed by atoms with Crippen molar-refractivity contribution in [2.24, 2.45) is 0 Å². The van der Waals surface area contributed by atoms with Gasteiger partial charge in [0.05, 0.1) is 5.69 Å². The molecule has 0 aliphatic carbocycles. The number of amides is 1. The molecule has 2 aromatic carbocycles. The number of ketones is 1. The molecule has 2 aromatic rings. The number of para-hydroxylation sites is 1. The minimum absolute atomic E-state index is 0.0315. The lowest BCUT2D eigenvalue weighted by atomic mass is 9.85. The summed E-state index contributed by atoms with van der Waals surface area (Å²) in [5.41, 5.74) is 0.0771. The molecular formula is C22H27NO6S. The lowest BCUT2D eigenvalue weighted by molar-refractivity contribution is -0.139. The van der Waals surface area contributed by atoms with Crippen LogP contribution < -0.4 is 5.32 Å². The molecule has 0 spiro atoms. The lowest BCUT2D eigenvalue weighted by Crippen LogP contribution is -2.41. The highest BCUT2D eigenvalue weighted by Gasteiger charge is 2.35. The van der Waals surface area contributed by atoms with E-state index in [1.165, 1.54) is 32.2 Å². The summed E-state index contributed by atoms with van der Waals surface area (Å²) in [4.78, 5) is 24.2. The number of carbonyl (C=O) groups excluding carboxylic acids is 2. The smallest absolute Gasteiger partial charge is 0.296 e. The Morgan fingerprint density at radius 2 is 1.67 bits per heavy atom. The molecule has 0 saturated carbocycles. The van der Waals surface area contributed by atoms with Crippen molar-refractivity contribution in [3.05, 3.63) is 60.2 Å². The summed E-state index contributed by atoms with van der Waals surface area (Å²) in [6.07, 6.45) is 2.12. The van der Waals surface area contributed by atoms with Gasteiger partial charge in [0.25, 0.3) is 10.1 Å². The van der Waals surface area contributed by atoms with E-state index in [-0.39, 0.29) is 28.7 Å². The first-order chi connectivity index (χ1) is 14.2. The normalized spacial score (nSPS) is 13.4. The topological polar surface area (TPSA) is 110 Å². The van der Waals surface area contributed by atoms with Crippen LogP contribution in [0.25, 0.3) is 0 Å². The Balaban J connectivity index is 1.94. The SMILES string of the molecule is COC(CCCCC(=O)Nc1ccccc1S(=O)(=O)O)(Cc1ccccc1)C(C)=O. The molecule has 0 heterocycles. The van der Waals surface area contributed by atoms with Gasteiger partial charge < -0.3 is 10.1 Å². The fourth-order valence-electron chi connectivity index (χ4n) is 3.34. The van der Waals surface area contributed by atoms with Crippen LogP contribution in [0.4, 0.5) is 5.69 Å². The third-order valence-electron chi connectivity index (χ3n) is 5.04. The highest BCUT2D eigenvalue weighted by atomic mass is 32.2. The number of anilines is 1. The second-order valence-corrected chi connectivity index (χ2v) is 8.53. The molecule has 0 fully saturated rings. The number of hydrogen-bond donors (Lipinski definition) is 2. The number of hydrogen-bond acceptors (Lipinski definition) is 5. The van der Waals surface area contributed by atoms with Crippen molar-refractivity contribution >= 4 is 27.5 Å². The summed E-state index contributed by atoms with van der Waals surface area (Å²) in [5, 5.41) is 2.52. The van der Waals surface area contributed by atoms with E-state index < -0.39 is 15.7 Å². The van der Waals surface area contributed by atoms with Gasteiger partial charge in [-0.2, -0.15) is 8.42 Å². The van der Waals surface area contributed by atoms with Crippen LogP contribution in [-0.2, 0) is 30.9 Å². The van der Waals surface area contributed by atoms with Crippen LogP contribution in [-0.4, -0.2) is 37.4 Å². The summed E-state index contributed by atoms with van der Waals surface area (Å²) < 4.78 is 37.7. The first kappa shape index (κ1) is 23.7. The molecule has 0 aliphatic heterocycles. The Morgan fingerprint density at radius 1 is 1.03 bits per heavy atom. The Bertz CT molecular complexity index is 974. The van der Waals surface area contributed by atoms with Crippen molar-refractivity contribution in [2.75, 3.05) is 12.4 Å². The van der Waals surface area contributed by atoms with Crippen molar-refractivity contribution in [2.45, 2.75) is 49.5 Å². The minimum Gasteiger partial charge on any atom is -0.370 e. The van der Waals surface area contributed by atoms with Crippen LogP contribution in [0.5, 0.6) is 0 Å². The highest BCUT2D eigenvalue weighted by molar-refractivity contribution is 7.86. The summed E-state index contributed by atoms with van der Waals surface area (Å²) in [7, 11) is -2.92. The number of rotatable bonds is 11. The van der Waals surface area contributed by atoms with E-state index in [0.29, 0.717) is 25.7 Å². The number of nitrogens with one attached hydrogen (secondary N) is 1. The fraction of sp³-hybridized carbons (Fsp3) is 0.364. The van der Waals surface area contributed by atoms with Crippen LogP contribution in [0.1, 0.15) is 38.2 Å². The maximum Gasteiger partial charge on any atom is 0.296 e. The Labute approximate surface area is 177 Å². The molecule has 2 N–H and O–H groups in total. The molecule has 162 valence electrons. The van der Waals surface area contributed by atoms with Crippen molar-refractivity contribution in [3.8, 4) is 0 Å². The zero-order valence-corrected chi connectivity index (χ0v) is 17.9. The van der Waals surface area contributed by atoms with E-state index in [2.05, 4.69) is 5.32 Å². The molecule has 0 radical (unpaired) electrons. The number of carbonyl (C=O) groups is 2. The molecule has 30 heavy (non-hydrogen) atoms.